The number of alkyl halides is 13. The Bertz CT molecular complexity index is 966. The molecule has 1 amide bonds. The molecule has 180 valence electrons. The Morgan fingerprint density at radius 1 is 0.781 bits per heavy atom. The molecule has 18 heteroatoms. The van der Waals surface area contributed by atoms with E-state index in [1.165, 1.54) is 17.5 Å². The van der Waals surface area contributed by atoms with Crippen molar-refractivity contribution < 1.29 is 61.9 Å². The van der Waals surface area contributed by atoms with Crippen LogP contribution in [0.3, 0.4) is 0 Å². The number of aromatic nitrogens is 1. The van der Waals surface area contributed by atoms with Gasteiger partial charge in [0.05, 0.1) is 10.6 Å². The van der Waals surface area contributed by atoms with E-state index in [1.54, 1.807) is 0 Å². The predicted molar refractivity (Wildman–Crippen MR) is 84.8 cm³/mol. The Morgan fingerprint density at radius 3 is 1.78 bits per heavy atom. The lowest BCUT2D eigenvalue weighted by Gasteiger charge is -2.39. The minimum Gasteiger partial charge on any atom is -0.296 e. The van der Waals surface area contributed by atoms with Crippen molar-refractivity contribution in [2.24, 2.45) is 0 Å². The smallest absolute Gasteiger partial charge is 0.296 e. The second-order valence-corrected chi connectivity index (χ2v) is 7.64. The highest BCUT2D eigenvalue weighted by Gasteiger charge is 2.91. The fraction of sp³-hybridized carbons (Fsp3) is 0.429. The third kappa shape index (κ3) is 3.80. The number of thiophene rings is 1. The Kier molecular flexibility index (Phi) is 6.32. The lowest BCUT2D eigenvalue weighted by atomic mass is 9.93. The number of amides is 1. The van der Waals surface area contributed by atoms with Gasteiger partial charge in [-0.2, -0.15) is 57.1 Å². The van der Waals surface area contributed by atoms with Gasteiger partial charge in [0.2, 0.25) is 0 Å². The van der Waals surface area contributed by atoms with Crippen LogP contribution < -0.4 is 5.32 Å². The zero-order valence-electron chi connectivity index (χ0n) is 14.4. The molecule has 0 saturated carbocycles. The van der Waals surface area contributed by atoms with E-state index in [0.717, 1.165) is 22.0 Å². The molecule has 32 heavy (non-hydrogen) atoms. The molecule has 0 bridgehead atoms. The fourth-order valence-electron chi connectivity index (χ4n) is 1.96. The lowest BCUT2D eigenvalue weighted by molar-refractivity contribution is -0.435. The molecule has 0 fully saturated rings. The minimum atomic E-state index is -8.07. The standard InChI is InChI=1S/C14H5F13N2OS2/c15-9(16,7(30)29-8-28-5(4-32-8)6-2-1-3-31-6)10(17,18)11(19,20)12(21,22)13(23,24)14(25,26)27/h1-4H,(H,28,29,30). The highest BCUT2D eigenvalue weighted by atomic mass is 32.1. The van der Waals surface area contributed by atoms with Crippen molar-refractivity contribution >= 4 is 33.7 Å². The summed E-state index contributed by atoms with van der Waals surface area (Å²) in [6, 6.07) is 2.95. The van der Waals surface area contributed by atoms with Gasteiger partial charge in [-0.15, -0.1) is 22.7 Å². The molecule has 2 aromatic heterocycles. The second kappa shape index (κ2) is 7.74. The maximum Gasteiger partial charge on any atom is 0.460 e. The van der Waals surface area contributed by atoms with Crippen LogP contribution in [0, 0.1) is 0 Å². The summed E-state index contributed by atoms with van der Waals surface area (Å²) in [5, 5.41) is 2.62. The first-order chi connectivity index (χ1) is 14.2. The number of rotatable bonds is 7. The van der Waals surface area contributed by atoms with Gasteiger partial charge in [0.1, 0.15) is 0 Å². The number of hydrogen-bond acceptors (Lipinski definition) is 4. The summed E-state index contributed by atoms with van der Waals surface area (Å²) < 4.78 is 170. The van der Waals surface area contributed by atoms with Crippen molar-refractivity contribution in [2.45, 2.75) is 35.8 Å². The van der Waals surface area contributed by atoms with Crippen LogP contribution >= 0.6 is 22.7 Å². The van der Waals surface area contributed by atoms with Crippen LogP contribution in [0.15, 0.2) is 22.9 Å². The molecular weight excluding hydrogens is 523 g/mol. The molecule has 2 aromatic rings. The van der Waals surface area contributed by atoms with Crippen molar-refractivity contribution in [3.8, 4) is 10.6 Å². The first-order valence-corrected chi connectivity index (χ1v) is 9.24. The molecule has 1 N–H and O–H groups in total. The molecule has 0 aliphatic carbocycles. The third-order valence-corrected chi connectivity index (χ3v) is 5.37. The Labute approximate surface area is 175 Å². The Balaban J connectivity index is 2.37. The van der Waals surface area contributed by atoms with Crippen LogP contribution in [-0.2, 0) is 4.79 Å². The van der Waals surface area contributed by atoms with Crippen molar-refractivity contribution in [2.75, 3.05) is 5.32 Å². The quantitative estimate of drug-likeness (QED) is 0.415. The predicted octanol–water partition coefficient (Wildman–Crippen LogP) is 6.55. The molecular formula is C14H5F13N2OS2. The molecule has 2 heterocycles. The summed E-state index contributed by atoms with van der Waals surface area (Å²) in [4.78, 5) is 15.3. The molecule has 0 aliphatic rings. The molecule has 0 unspecified atom stereocenters. The number of thiazole rings is 1. The van der Waals surface area contributed by atoms with Crippen LogP contribution in [0.4, 0.5) is 62.2 Å². The fourth-order valence-corrected chi connectivity index (χ4v) is 3.42. The summed E-state index contributed by atoms with van der Waals surface area (Å²) in [5.74, 6) is -41.9. The SMILES string of the molecule is O=C(Nc1nc(-c2cccs2)cs1)C(F)(F)C(F)(F)C(F)(F)C(F)(F)C(F)(F)C(F)(F)F. The number of nitrogens with zero attached hydrogens (tertiary/aromatic N) is 1. The first kappa shape index (κ1) is 26.1. The number of anilines is 1. The van der Waals surface area contributed by atoms with Crippen LogP contribution in [0.5, 0.6) is 0 Å². The summed E-state index contributed by atoms with van der Waals surface area (Å²) in [5.41, 5.74) is -0.00272. The molecule has 0 spiro atoms. The van der Waals surface area contributed by atoms with Gasteiger partial charge in [0, 0.05) is 5.38 Å². The Morgan fingerprint density at radius 2 is 1.31 bits per heavy atom. The second-order valence-electron chi connectivity index (χ2n) is 5.84. The van der Waals surface area contributed by atoms with E-state index in [0.29, 0.717) is 16.2 Å². The zero-order valence-corrected chi connectivity index (χ0v) is 16.0. The molecule has 0 radical (unpaired) electrons. The number of carbonyl (C=O) groups excluding carboxylic acids is 1. The zero-order chi connectivity index (χ0) is 25.0. The summed E-state index contributed by atoms with van der Waals surface area (Å²) in [6.07, 6.45) is -7.52. The highest BCUT2D eigenvalue weighted by Crippen LogP contribution is 2.60. The number of nitrogens with one attached hydrogen (secondary N) is 1. The van der Waals surface area contributed by atoms with Crippen molar-refractivity contribution in [1.82, 2.24) is 4.98 Å². The van der Waals surface area contributed by atoms with Gasteiger partial charge in [-0.3, -0.25) is 10.1 Å². The van der Waals surface area contributed by atoms with E-state index in [9.17, 15) is 61.9 Å². The highest BCUT2D eigenvalue weighted by molar-refractivity contribution is 7.16. The van der Waals surface area contributed by atoms with Crippen molar-refractivity contribution in [3.05, 3.63) is 22.9 Å². The maximum absolute atomic E-state index is 13.7. The number of hydrogen-bond donors (Lipinski definition) is 1. The average molecular weight is 528 g/mol. The summed E-state index contributed by atoms with van der Waals surface area (Å²) >= 11 is 1.35. The topological polar surface area (TPSA) is 42.0 Å². The van der Waals surface area contributed by atoms with Gasteiger partial charge in [0.15, 0.2) is 5.13 Å². The van der Waals surface area contributed by atoms with E-state index in [2.05, 4.69) is 4.98 Å². The molecule has 0 aliphatic heterocycles. The monoisotopic (exact) mass is 528 g/mol. The lowest BCUT2D eigenvalue weighted by Crippen LogP contribution is -2.71. The van der Waals surface area contributed by atoms with Crippen LogP contribution in [0.2, 0.25) is 0 Å². The van der Waals surface area contributed by atoms with E-state index in [4.69, 9.17) is 0 Å². The molecule has 0 saturated heterocycles. The first-order valence-electron chi connectivity index (χ1n) is 7.48. The van der Waals surface area contributed by atoms with Crippen molar-refractivity contribution in [3.63, 3.8) is 0 Å². The molecule has 3 nitrogen and oxygen atoms in total. The van der Waals surface area contributed by atoms with Crippen LogP contribution in [0.1, 0.15) is 0 Å². The van der Waals surface area contributed by atoms with E-state index in [-0.39, 0.29) is 5.69 Å². The van der Waals surface area contributed by atoms with E-state index >= 15 is 0 Å². The van der Waals surface area contributed by atoms with Crippen LogP contribution in [0.25, 0.3) is 10.6 Å². The van der Waals surface area contributed by atoms with Gasteiger partial charge in [-0.1, -0.05) is 6.07 Å². The van der Waals surface area contributed by atoms with Gasteiger partial charge in [-0.25, -0.2) is 4.98 Å². The van der Waals surface area contributed by atoms with Gasteiger partial charge < -0.3 is 0 Å². The molecule has 0 aromatic carbocycles. The van der Waals surface area contributed by atoms with Gasteiger partial charge in [-0.05, 0) is 11.4 Å². The van der Waals surface area contributed by atoms with E-state index < -0.39 is 46.8 Å². The van der Waals surface area contributed by atoms with Crippen LogP contribution in [-0.4, -0.2) is 46.7 Å². The summed E-state index contributed by atoms with van der Waals surface area (Å²) in [7, 11) is 0. The minimum absolute atomic E-state index is 0.00272. The average Bonchev–Trinajstić information content (AvgIpc) is 3.31. The number of halogens is 13. The van der Waals surface area contributed by atoms with Gasteiger partial charge in [0.25, 0.3) is 0 Å². The maximum atomic E-state index is 13.7. The number of carbonyl (C=O) groups is 1. The third-order valence-electron chi connectivity index (χ3n) is 3.72. The normalized spacial score (nSPS) is 14.5. The largest absolute Gasteiger partial charge is 0.460 e. The van der Waals surface area contributed by atoms with E-state index in [1.807, 2.05) is 0 Å². The van der Waals surface area contributed by atoms with Gasteiger partial charge >= 0.3 is 41.7 Å². The van der Waals surface area contributed by atoms with Crippen molar-refractivity contribution in [1.29, 1.82) is 0 Å². The summed E-state index contributed by atoms with van der Waals surface area (Å²) in [6.45, 7) is 0. The molecule has 2 rings (SSSR count). The Hall–Kier alpha value is -2.11. The molecule has 0 atom stereocenters.